The molecule has 0 saturated carbocycles. The van der Waals surface area contributed by atoms with E-state index < -0.39 is 55.3 Å². The molecule has 1 aromatic rings. The minimum absolute atomic E-state index is 0.156. The second kappa shape index (κ2) is 8.43. The summed E-state index contributed by atoms with van der Waals surface area (Å²) >= 11 is 0. The van der Waals surface area contributed by atoms with Gasteiger partial charge < -0.3 is 28.4 Å². The van der Waals surface area contributed by atoms with Crippen LogP contribution in [0, 0.1) is 0 Å². The molecule has 0 bridgehead atoms. The number of H-pyrrole nitrogens is 1. The number of fused-ring (bicyclic) bond motifs is 1. The molecule has 1 aromatic heterocycles. The highest BCUT2D eigenvalue weighted by molar-refractivity contribution is 7.53. The van der Waals surface area contributed by atoms with Gasteiger partial charge in [-0.3, -0.25) is 18.9 Å². The molecular formula is C17H27N2O9P. The maximum absolute atomic E-state index is 12.8. The van der Waals surface area contributed by atoms with Crippen molar-refractivity contribution in [3.63, 3.8) is 0 Å². The number of aromatic amines is 1. The van der Waals surface area contributed by atoms with Crippen LogP contribution in [0.1, 0.15) is 33.9 Å². The zero-order valence-electron chi connectivity index (χ0n) is 16.8. The van der Waals surface area contributed by atoms with Gasteiger partial charge in [0.05, 0.1) is 25.5 Å². The summed E-state index contributed by atoms with van der Waals surface area (Å²) in [6, 6.07) is 1.18. The van der Waals surface area contributed by atoms with E-state index in [2.05, 4.69) is 4.98 Å². The second-order valence-corrected chi connectivity index (χ2v) is 9.37. The van der Waals surface area contributed by atoms with E-state index >= 15 is 0 Å². The van der Waals surface area contributed by atoms with Gasteiger partial charge in [0, 0.05) is 12.3 Å². The molecular weight excluding hydrogens is 407 g/mol. The molecule has 2 N–H and O–H groups in total. The number of aliphatic hydroxyl groups excluding tert-OH is 1. The fourth-order valence-corrected chi connectivity index (χ4v) is 5.38. The van der Waals surface area contributed by atoms with Crippen molar-refractivity contribution in [3.8, 4) is 0 Å². The third-order valence-corrected chi connectivity index (χ3v) is 6.76. The fourth-order valence-electron chi connectivity index (χ4n) is 3.64. The van der Waals surface area contributed by atoms with E-state index in [1.807, 2.05) is 0 Å². The van der Waals surface area contributed by atoms with Crippen LogP contribution in [0.5, 0.6) is 0 Å². The molecule has 11 nitrogen and oxygen atoms in total. The van der Waals surface area contributed by atoms with Crippen LogP contribution in [0.4, 0.5) is 0 Å². The Hall–Kier alpha value is -1.33. The third-order valence-electron chi connectivity index (χ3n) is 4.63. The quantitative estimate of drug-likeness (QED) is 0.563. The maximum atomic E-state index is 12.8. The number of rotatable bonds is 8. The number of hydrogen-bond acceptors (Lipinski definition) is 9. The molecule has 3 rings (SSSR count). The molecule has 12 heteroatoms. The molecule has 0 aromatic carbocycles. The normalized spacial score (nSPS) is 29.7. The lowest BCUT2D eigenvalue weighted by Crippen LogP contribution is -2.40. The molecule has 0 spiro atoms. The average Bonchev–Trinajstić information content (AvgIpc) is 3.08. The van der Waals surface area contributed by atoms with E-state index in [-0.39, 0.29) is 19.4 Å². The summed E-state index contributed by atoms with van der Waals surface area (Å²) in [5.74, 6) is -0.981. The summed E-state index contributed by atoms with van der Waals surface area (Å²) in [6.07, 6.45) is -3.67. The van der Waals surface area contributed by atoms with Crippen LogP contribution in [0.25, 0.3) is 0 Å². The molecule has 3 heterocycles. The lowest BCUT2D eigenvalue weighted by Gasteiger charge is -2.28. The van der Waals surface area contributed by atoms with Crippen molar-refractivity contribution in [2.45, 2.75) is 64.1 Å². The second-order valence-electron chi connectivity index (χ2n) is 7.27. The van der Waals surface area contributed by atoms with Crippen molar-refractivity contribution in [3.05, 3.63) is 33.1 Å². The van der Waals surface area contributed by atoms with Gasteiger partial charge in [-0.2, -0.15) is 0 Å². The SMILES string of the molecule is CCOP(=O)(C[C@H](O)[C@H]1O[C@@H](n2ccc(=O)[nH]c2=O)[C@@H]2OC(C)(C)O[C@@H]21)OCC. The van der Waals surface area contributed by atoms with Crippen molar-refractivity contribution >= 4 is 7.60 Å². The van der Waals surface area contributed by atoms with Gasteiger partial charge >= 0.3 is 13.3 Å². The van der Waals surface area contributed by atoms with E-state index in [4.69, 9.17) is 23.3 Å². The number of nitrogens with one attached hydrogen (secondary N) is 1. The Morgan fingerprint density at radius 3 is 2.45 bits per heavy atom. The van der Waals surface area contributed by atoms with Gasteiger partial charge in [0.1, 0.15) is 18.3 Å². The highest BCUT2D eigenvalue weighted by Crippen LogP contribution is 2.51. The first-order valence-electron chi connectivity index (χ1n) is 9.48. The Morgan fingerprint density at radius 2 is 1.86 bits per heavy atom. The molecule has 2 aliphatic rings. The van der Waals surface area contributed by atoms with Crippen molar-refractivity contribution in [2.75, 3.05) is 19.4 Å². The van der Waals surface area contributed by atoms with Crippen LogP contribution < -0.4 is 11.2 Å². The predicted octanol–water partition coefficient (Wildman–Crippen LogP) is 0.581. The Labute approximate surface area is 167 Å². The molecule has 29 heavy (non-hydrogen) atoms. The van der Waals surface area contributed by atoms with Crippen LogP contribution in [0.2, 0.25) is 0 Å². The van der Waals surface area contributed by atoms with Crippen LogP contribution in [0.3, 0.4) is 0 Å². The van der Waals surface area contributed by atoms with Gasteiger partial charge in [-0.25, -0.2) is 4.79 Å². The molecule has 2 aliphatic heterocycles. The predicted molar refractivity (Wildman–Crippen MR) is 101 cm³/mol. The minimum atomic E-state index is -3.55. The summed E-state index contributed by atoms with van der Waals surface area (Å²) in [5.41, 5.74) is -1.23. The Bertz CT molecular complexity index is 872. The smallest absolute Gasteiger partial charge is 0.333 e. The van der Waals surface area contributed by atoms with E-state index in [1.165, 1.54) is 16.8 Å². The van der Waals surface area contributed by atoms with Crippen molar-refractivity contribution < 1.29 is 32.9 Å². The fraction of sp³-hybridized carbons (Fsp3) is 0.765. The van der Waals surface area contributed by atoms with Crippen LogP contribution >= 0.6 is 7.60 Å². The topological polar surface area (TPSA) is 138 Å². The Morgan fingerprint density at radius 1 is 1.24 bits per heavy atom. The molecule has 0 radical (unpaired) electrons. The minimum Gasteiger partial charge on any atom is -0.390 e. The Kier molecular flexibility index (Phi) is 6.50. The van der Waals surface area contributed by atoms with Gasteiger partial charge in [-0.05, 0) is 27.7 Å². The van der Waals surface area contributed by atoms with Gasteiger partial charge in [-0.15, -0.1) is 0 Å². The van der Waals surface area contributed by atoms with Crippen LogP contribution in [-0.2, 0) is 27.8 Å². The van der Waals surface area contributed by atoms with Crippen molar-refractivity contribution in [2.24, 2.45) is 0 Å². The molecule has 0 aliphatic carbocycles. The summed E-state index contributed by atoms with van der Waals surface area (Å²) in [6.45, 7) is 7.07. The summed E-state index contributed by atoms with van der Waals surface area (Å²) in [7, 11) is -3.55. The zero-order valence-corrected chi connectivity index (χ0v) is 17.7. The number of nitrogens with zero attached hydrogens (tertiary/aromatic N) is 1. The zero-order chi connectivity index (χ0) is 21.4. The number of aliphatic hydroxyl groups is 1. The van der Waals surface area contributed by atoms with Gasteiger partial charge in [0.2, 0.25) is 0 Å². The lowest BCUT2D eigenvalue weighted by atomic mass is 10.1. The van der Waals surface area contributed by atoms with Gasteiger partial charge in [0.15, 0.2) is 12.0 Å². The standard InChI is InChI=1S/C17H27N2O9P/c1-5-24-29(23,25-6-2)9-10(20)12-13-14(28-17(3,4)27-13)15(26-12)19-8-7-11(21)18-16(19)22/h7-8,10,12-15,20H,5-6,9H2,1-4H3,(H,18,21,22)/t10-,12+,13+,14+,15+/m0/s1. The molecule has 5 atom stereocenters. The van der Waals surface area contributed by atoms with E-state index in [1.54, 1.807) is 27.7 Å². The molecule has 2 fully saturated rings. The molecule has 164 valence electrons. The van der Waals surface area contributed by atoms with Gasteiger partial charge in [-0.1, -0.05) is 0 Å². The van der Waals surface area contributed by atoms with Crippen LogP contribution in [-0.4, -0.2) is 64.2 Å². The first kappa shape index (κ1) is 22.4. The van der Waals surface area contributed by atoms with E-state index in [9.17, 15) is 19.3 Å². The summed E-state index contributed by atoms with van der Waals surface area (Å²) in [4.78, 5) is 25.8. The van der Waals surface area contributed by atoms with Gasteiger partial charge in [0.25, 0.3) is 5.56 Å². The number of aromatic nitrogens is 2. The molecule has 0 amide bonds. The highest BCUT2D eigenvalue weighted by Gasteiger charge is 2.58. The number of ether oxygens (including phenoxy) is 3. The van der Waals surface area contributed by atoms with Crippen LogP contribution in [0.15, 0.2) is 21.9 Å². The third kappa shape index (κ3) is 4.72. The highest BCUT2D eigenvalue weighted by atomic mass is 31.2. The van der Waals surface area contributed by atoms with E-state index in [0.29, 0.717) is 0 Å². The average molecular weight is 434 g/mol. The maximum Gasteiger partial charge on any atom is 0.333 e. The Balaban J connectivity index is 1.88. The first-order chi connectivity index (χ1) is 13.6. The van der Waals surface area contributed by atoms with Crippen molar-refractivity contribution in [1.29, 1.82) is 0 Å². The lowest BCUT2D eigenvalue weighted by molar-refractivity contribution is -0.206. The largest absolute Gasteiger partial charge is 0.390 e. The van der Waals surface area contributed by atoms with E-state index in [0.717, 1.165) is 0 Å². The molecule has 0 unspecified atom stereocenters. The summed E-state index contributed by atoms with van der Waals surface area (Å²) < 4.78 is 42.2. The monoisotopic (exact) mass is 434 g/mol. The number of hydrogen-bond donors (Lipinski definition) is 2. The molecule has 2 saturated heterocycles. The first-order valence-corrected chi connectivity index (χ1v) is 11.2. The van der Waals surface area contributed by atoms with Crippen molar-refractivity contribution in [1.82, 2.24) is 9.55 Å². The summed E-state index contributed by atoms with van der Waals surface area (Å²) in [5, 5.41) is 10.8.